The van der Waals surface area contributed by atoms with Crippen molar-refractivity contribution in [1.82, 2.24) is 0 Å². The SMILES string of the molecule is CCS(=O)(=O)c1ccc(O)c(NC(=O)c2cc(OC)cc(OC)c2)c1. The first-order valence-corrected chi connectivity index (χ1v) is 9.06. The predicted octanol–water partition coefficient (Wildman–Crippen LogP) is 2.46. The highest BCUT2D eigenvalue weighted by Crippen LogP contribution is 2.28. The number of methoxy groups -OCH3 is 2. The fourth-order valence-electron chi connectivity index (χ4n) is 2.11. The van der Waals surface area contributed by atoms with Crippen LogP contribution in [0.1, 0.15) is 17.3 Å². The van der Waals surface area contributed by atoms with Gasteiger partial charge < -0.3 is 19.9 Å². The van der Waals surface area contributed by atoms with Crippen LogP contribution in [-0.4, -0.2) is 39.4 Å². The number of phenolic OH excluding ortho intramolecular Hbond substituents is 1. The highest BCUT2D eigenvalue weighted by atomic mass is 32.2. The van der Waals surface area contributed by atoms with Gasteiger partial charge in [-0.2, -0.15) is 0 Å². The van der Waals surface area contributed by atoms with E-state index in [0.717, 1.165) is 0 Å². The normalized spacial score (nSPS) is 11.0. The molecule has 0 aromatic heterocycles. The van der Waals surface area contributed by atoms with E-state index >= 15 is 0 Å². The summed E-state index contributed by atoms with van der Waals surface area (Å²) in [5, 5.41) is 12.4. The summed E-state index contributed by atoms with van der Waals surface area (Å²) < 4.78 is 34.1. The van der Waals surface area contributed by atoms with Crippen LogP contribution in [0, 0.1) is 0 Å². The lowest BCUT2D eigenvalue weighted by atomic mass is 10.1. The van der Waals surface area contributed by atoms with Gasteiger partial charge in [0, 0.05) is 11.6 Å². The molecule has 2 N–H and O–H groups in total. The average Bonchev–Trinajstić information content (AvgIpc) is 2.62. The molecule has 0 heterocycles. The average molecular weight is 365 g/mol. The third kappa shape index (κ3) is 4.21. The number of hydrogen-bond acceptors (Lipinski definition) is 6. The molecular weight excluding hydrogens is 346 g/mol. The van der Waals surface area contributed by atoms with E-state index in [1.165, 1.54) is 51.5 Å². The highest BCUT2D eigenvalue weighted by Gasteiger charge is 2.16. The lowest BCUT2D eigenvalue weighted by Gasteiger charge is -2.11. The maximum absolute atomic E-state index is 12.5. The number of amides is 1. The molecule has 0 unspecified atom stereocenters. The first-order valence-electron chi connectivity index (χ1n) is 7.41. The monoisotopic (exact) mass is 365 g/mol. The zero-order valence-corrected chi connectivity index (χ0v) is 14.9. The van der Waals surface area contributed by atoms with Gasteiger partial charge in [-0.1, -0.05) is 6.92 Å². The van der Waals surface area contributed by atoms with Gasteiger partial charge in [0.05, 0.1) is 30.6 Å². The fraction of sp³-hybridized carbons (Fsp3) is 0.235. The molecule has 0 aliphatic heterocycles. The molecule has 0 bridgehead atoms. The Hall–Kier alpha value is -2.74. The standard InChI is InChI=1S/C17H19NO6S/c1-4-25(21,22)14-5-6-16(19)15(10-14)18-17(20)11-7-12(23-2)9-13(8-11)24-3/h5-10,19H,4H2,1-3H3,(H,18,20). The van der Waals surface area contributed by atoms with Crippen LogP contribution in [0.15, 0.2) is 41.3 Å². The Labute approximate surface area is 146 Å². The van der Waals surface area contributed by atoms with Crippen LogP contribution < -0.4 is 14.8 Å². The first-order chi connectivity index (χ1) is 11.8. The summed E-state index contributed by atoms with van der Waals surface area (Å²) in [5.41, 5.74) is 0.237. The number of ether oxygens (including phenoxy) is 2. The zero-order chi connectivity index (χ0) is 18.6. The third-order valence-electron chi connectivity index (χ3n) is 3.57. The van der Waals surface area contributed by atoms with Crippen LogP contribution in [0.4, 0.5) is 5.69 Å². The van der Waals surface area contributed by atoms with Crippen LogP contribution >= 0.6 is 0 Å². The molecule has 2 rings (SSSR count). The van der Waals surface area contributed by atoms with E-state index in [4.69, 9.17) is 9.47 Å². The molecule has 0 radical (unpaired) electrons. The maximum atomic E-state index is 12.5. The van der Waals surface area contributed by atoms with Gasteiger partial charge in [-0.15, -0.1) is 0 Å². The summed E-state index contributed by atoms with van der Waals surface area (Å²) in [4.78, 5) is 12.5. The number of carbonyl (C=O) groups is 1. The van der Waals surface area contributed by atoms with Crippen molar-refractivity contribution in [2.75, 3.05) is 25.3 Å². The van der Waals surface area contributed by atoms with Crippen LogP contribution in [0.25, 0.3) is 0 Å². The van der Waals surface area contributed by atoms with E-state index in [0.29, 0.717) is 11.5 Å². The summed E-state index contributed by atoms with van der Waals surface area (Å²) in [5.74, 6) is -0.0120. The van der Waals surface area contributed by atoms with Crippen molar-refractivity contribution in [1.29, 1.82) is 0 Å². The molecule has 25 heavy (non-hydrogen) atoms. The minimum Gasteiger partial charge on any atom is -0.506 e. The number of rotatable bonds is 6. The van der Waals surface area contributed by atoms with E-state index in [9.17, 15) is 18.3 Å². The Morgan fingerprint density at radius 3 is 2.20 bits per heavy atom. The molecule has 8 heteroatoms. The highest BCUT2D eigenvalue weighted by molar-refractivity contribution is 7.91. The number of aromatic hydroxyl groups is 1. The van der Waals surface area contributed by atoms with Crippen molar-refractivity contribution in [2.24, 2.45) is 0 Å². The quantitative estimate of drug-likeness (QED) is 0.763. The van der Waals surface area contributed by atoms with E-state index in [-0.39, 0.29) is 27.6 Å². The second-order valence-electron chi connectivity index (χ2n) is 5.14. The molecule has 0 aliphatic rings. The van der Waals surface area contributed by atoms with Gasteiger partial charge in [0.15, 0.2) is 9.84 Å². The minimum atomic E-state index is -3.46. The molecule has 0 atom stereocenters. The number of hydrogen-bond donors (Lipinski definition) is 2. The van der Waals surface area contributed by atoms with E-state index < -0.39 is 15.7 Å². The largest absolute Gasteiger partial charge is 0.506 e. The van der Waals surface area contributed by atoms with Crippen LogP contribution in [0.5, 0.6) is 17.2 Å². The molecule has 0 saturated heterocycles. The van der Waals surface area contributed by atoms with E-state index in [1.807, 2.05) is 0 Å². The predicted molar refractivity (Wildman–Crippen MR) is 93.3 cm³/mol. The smallest absolute Gasteiger partial charge is 0.256 e. The second-order valence-corrected chi connectivity index (χ2v) is 7.42. The maximum Gasteiger partial charge on any atom is 0.256 e. The van der Waals surface area contributed by atoms with E-state index in [1.54, 1.807) is 6.07 Å². The fourth-order valence-corrected chi connectivity index (χ4v) is 3.01. The molecule has 7 nitrogen and oxygen atoms in total. The van der Waals surface area contributed by atoms with Gasteiger partial charge in [-0.05, 0) is 30.3 Å². The molecule has 134 valence electrons. The van der Waals surface area contributed by atoms with Crippen LogP contribution in [-0.2, 0) is 9.84 Å². The second kappa shape index (κ2) is 7.43. The number of benzene rings is 2. The lowest BCUT2D eigenvalue weighted by molar-refractivity contribution is 0.102. The molecule has 1 amide bonds. The third-order valence-corrected chi connectivity index (χ3v) is 5.30. The van der Waals surface area contributed by atoms with Gasteiger partial charge in [-0.25, -0.2) is 8.42 Å². The van der Waals surface area contributed by atoms with Crippen LogP contribution in [0.2, 0.25) is 0 Å². The van der Waals surface area contributed by atoms with Crippen molar-refractivity contribution in [3.63, 3.8) is 0 Å². The molecule has 2 aromatic carbocycles. The van der Waals surface area contributed by atoms with Gasteiger partial charge >= 0.3 is 0 Å². The van der Waals surface area contributed by atoms with Gasteiger partial charge in [0.25, 0.3) is 5.91 Å². The molecule has 0 fully saturated rings. The Kier molecular flexibility index (Phi) is 5.53. The van der Waals surface area contributed by atoms with Crippen molar-refractivity contribution < 1.29 is 27.8 Å². The summed E-state index contributed by atoms with van der Waals surface area (Å²) in [7, 11) is -0.542. The number of anilines is 1. The van der Waals surface area contributed by atoms with Crippen molar-refractivity contribution >= 4 is 21.4 Å². The number of sulfone groups is 1. The summed E-state index contributed by atoms with van der Waals surface area (Å²) >= 11 is 0. The Morgan fingerprint density at radius 1 is 1.08 bits per heavy atom. The minimum absolute atomic E-state index is 0.00121. The Bertz CT molecular complexity index is 870. The molecule has 0 saturated carbocycles. The van der Waals surface area contributed by atoms with Crippen molar-refractivity contribution in [3.8, 4) is 17.2 Å². The Balaban J connectivity index is 2.36. The lowest BCUT2D eigenvalue weighted by Crippen LogP contribution is -2.13. The number of carbonyl (C=O) groups excluding carboxylic acids is 1. The van der Waals surface area contributed by atoms with Crippen molar-refractivity contribution in [2.45, 2.75) is 11.8 Å². The zero-order valence-electron chi connectivity index (χ0n) is 14.1. The topological polar surface area (TPSA) is 102 Å². The Morgan fingerprint density at radius 2 is 1.68 bits per heavy atom. The number of phenols is 1. The molecule has 2 aromatic rings. The van der Waals surface area contributed by atoms with Gasteiger partial charge in [-0.3, -0.25) is 4.79 Å². The first kappa shape index (κ1) is 18.6. The van der Waals surface area contributed by atoms with Crippen molar-refractivity contribution in [3.05, 3.63) is 42.0 Å². The summed E-state index contributed by atoms with van der Waals surface area (Å²) in [6.07, 6.45) is 0. The van der Waals surface area contributed by atoms with Gasteiger partial charge in [0.1, 0.15) is 17.2 Å². The summed E-state index contributed by atoms with van der Waals surface area (Å²) in [6, 6.07) is 8.36. The summed E-state index contributed by atoms with van der Waals surface area (Å²) in [6.45, 7) is 1.52. The van der Waals surface area contributed by atoms with Crippen LogP contribution in [0.3, 0.4) is 0 Å². The molecule has 0 spiro atoms. The molecule has 0 aliphatic carbocycles. The number of nitrogens with one attached hydrogen (secondary N) is 1. The molecular formula is C17H19NO6S. The van der Waals surface area contributed by atoms with E-state index in [2.05, 4.69) is 5.32 Å². The van der Waals surface area contributed by atoms with Gasteiger partial charge in [0.2, 0.25) is 0 Å².